The number of carbonyl (C=O) groups excluding carboxylic acids is 1. The second kappa shape index (κ2) is 5.85. The number of carboxylic acid groups (broad SMARTS) is 1. The van der Waals surface area contributed by atoms with Gasteiger partial charge in [-0.15, -0.1) is 0 Å². The fourth-order valence-corrected chi connectivity index (χ4v) is 3.43. The van der Waals surface area contributed by atoms with Gasteiger partial charge in [0, 0.05) is 23.6 Å². The van der Waals surface area contributed by atoms with Crippen molar-refractivity contribution in [2.24, 2.45) is 0 Å². The Balaban J connectivity index is 1.85. The number of amides is 1. The van der Waals surface area contributed by atoms with E-state index in [4.69, 9.17) is 9.47 Å². The standard InChI is InChI=1S/C14H15NO5S/c16-13(15-3-6-21-8-10(15)14(17)18)9-1-2-11-12(7-9)20-5-4-19-11/h1-2,7,10H,3-6,8H2,(H,17,18). The summed E-state index contributed by atoms with van der Waals surface area (Å²) in [6.07, 6.45) is 0. The number of carbonyl (C=O) groups is 2. The highest BCUT2D eigenvalue weighted by Crippen LogP contribution is 2.31. The molecule has 0 aliphatic carbocycles. The summed E-state index contributed by atoms with van der Waals surface area (Å²) in [6.45, 7) is 1.38. The van der Waals surface area contributed by atoms with Crippen molar-refractivity contribution < 1.29 is 24.2 Å². The van der Waals surface area contributed by atoms with Crippen molar-refractivity contribution in [3.8, 4) is 11.5 Å². The van der Waals surface area contributed by atoms with Gasteiger partial charge in [0.1, 0.15) is 19.3 Å². The van der Waals surface area contributed by atoms with Crippen LogP contribution in [0, 0.1) is 0 Å². The van der Waals surface area contributed by atoms with Gasteiger partial charge in [0.15, 0.2) is 11.5 Å². The second-order valence-corrected chi connectivity index (χ2v) is 5.94. The number of carboxylic acids is 1. The lowest BCUT2D eigenvalue weighted by atomic mass is 10.1. The molecular weight excluding hydrogens is 294 g/mol. The van der Waals surface area contributed by atoms with Gasteiger partial charge < -0.3 is 19.5 Å². The zero-order valence-corrected chi connectivity index (χ0v) is 12.1. The topological polar surface area (TPSA) is 76.1 Å². The molecule has 2 aliphatic heterocycles. The third-order valence-corrected chi connectivity index (χ3v) is 4.49. The minimum Gasteiger partial charge on any atom is -0.486 e. The quantitative estimate of drug-likeness (QED) is 0.881. The molecule has 1 fully saturated rings. The molecule has 0 spiro atoms. The van der Waals surface area contributed by atoms with Crippen LogP contribution in [0.3, 0.4) is 0 Å². The van der Waals surface area contributed by atoms with E-state index in [-0.39, 0.29) is 5.91 Å². The van der Waals surface area contributed by atoms with Gasteiger partial charge in [0.05, 0.1) is 0 Å². The first kappa shape index (κ1) is 14.1. The SMILES string of the molecule is O=C(O)C1CSCCN1C(=O)c1ccc2c(c1)OCCO2. The Morgan fingerprint density at radius 3 is 2.76 bits per heavy atom. The minimum absolute atomic E-state index is 0.278. The Hall–Kier alpha value is -1.89. The molecule has 0 bridgehead atoms. The fourth-order valence-electron chi connectivity index (χ4n) is 2.39. The number of hydrogen-bond acceptors (Lipinski definition) is 5. The van der Waals surface area contributed by atoms with Gasteiger partial charge in [-0.25, -0.2) is 4.79 Å². The van der Waals surface area contributed by atoms with E-state index in [9.17, 15) is 14.7 Å². The Kier molecular flexibility index (Phi) is 3.92. The van der Waals surface area contributed by atoms with Crippen molar-refractivity contribution in [2.45, 2.75) is 6.04 Å². The summed E-state index contributed by atoms with van der Waals surface area (Å²) in [6, 6.07) is 4.19. The van der Waals surface area contributed by atoms with Crippen molar-refractivity contribution in [2.75, 3.05) is 31.3 Å². The first-order chi connectivity index (χ1) is 10.2. The molecule has 1 saturated heterocycles. The molecule has 1 amide bonds. The molecule has 2 heterocycles. The summed E-state index contributed by atoms with van der Waals surface area (Å²) in [4.78, 5) is 25.3. The maximum absolute atomic E-state index is 12.6. The molecule has 112 valence electrons. The van der Waals surface area contributed by atoms with E-state index in [2.05, 4.69) is 0 Å². The molecule has 3 rings (SSSR count). The molecule has 1 unspecified atom stereocenters. The normalized spacial score (nSPS) is 21.0. The zero-order valence-electron chi connectivity index (χ0n) is 11.3. The van der Waals surface area contributed by atoms with Gasteiger partial charge >= 0.3 is 5.97 Å². The summed E-state index contributed by atoms with van der Waals surface area (Å²) in [7, 11) is 0. The molecule has 1 atom stereocenters. The molecule has 1 aromatic carbocycles. The number of nitrogens with zero attached hydrogens (tertiary/aromatic N) is 1. The minimum atomic E-state index is -0.965. The van der Waals surface area contributed by atoms with Crippen LogP contribution < -0.4 is 9.47 Å². The van der Waals surface area contributed by atoms with Crippen LogP contribution in [0.15, 0.2) is 18.2 Å². The molecule has 1 N–H and O–H groups in total. The predicted molar refractivity (Wildman–Crippen MR) is 77.2 cm³/mol. The van der Waals surface area contributed by atoms with E-state index in [1.165, 1.54) is 4.90 Å². The van der Waals surface area contributed by atoms with E-state index < -0.39 is 12.0 Å². The Morgan fingerprint density at radius 2 is 2.00 bits per heavy atom. The molecule has 21 heavy (non-hydrogen) atoms. The van der Waals surface area contributed by atoms with Crippen LogP contribution in [0.25, 0.3) is 0 Å². The molecule has 0 radical (unpaired) electrons. The van der Waals surface area contributed by atoms with Gasteiger partial charge in [-0.2, -0.15) is 11.8 Å². The molecule has 1 aromatic rings. The zero-order chi connectivity index (χ0) is 14.8. The van der Waals surface area contributed by atoms with Crippen LogP contribution in [0.5, 0.6) is 11.5 Å². The van der Waals surface area contributed by atoms with Gasteiger partial charge in [0.2, 0.25) is 0 Å². The summed E-state index contributed by atoms with van der Waals surface area (Å²) in [5.41, 5.74) is 0.428. The van der Waals surface area contributed by atoms with E-state index in [1.54, 1.807) is 30.0 Å². The predicted octanol–water partition coefficient (Wildman–Crippen LogP) is 1.10. The lowest BCUT2D eigenvalue weighted by Gasteiger charge is -2.32. The maximum atomic E-state index is 12.6. The summed E-state index contributed by atoms with van der Waals surface area (Å²) >= 11 is 1.55. The first-order valence-electron chi connectivity index (χ1n) is 6.68. The smallest absolute Gasteiger partial charge is 0.327 e. The number of ether oxygens (including phenoxy) is 2. The van der Waals surface area contributed by atoms with Crippen LogP contribution in [0.2, 0.25) is 0 Å². The average molecular weight is 309 g/mol. The number of rotatable bonds is 2. The number of fused-ring (bicyclic) bond motifs is 1. The number of hydrogen-bond donors (Lipinski definition) is 1. The number of benzene rings is 1. The Morgan fingerprint density at radius 1 is 1.24 bits per heavy atom. The fraction of sp³-hybridized carbons (Fsp3) is 0.429. The van der Waals surface area contributed by atoms with Gasteiger partial charge in [-0.3, -0.25) is 4.79 Å². The van der Waals surface area contributed by atoms with Crippen molar-refractivity contribution in [1.29, 1.82) is 0 Å². The monoisotopic (exact) mass is 309 g/mol. The molecule has 0 saturated carbocycles. The van der Waals surface area contributed by atoms with Crippen LogP contribution >= 0.6 is 11.8 Å². The largest absolute Gasteiger partial charge is 0.486 e. The molecular formula is C14H15NO5S. The van der Waals surface area contributed by atoms with Crippen molar-refractivity contribution in [3.63, 3.8) is 0 Å². The highest BCUT2D eigenvalue weighted by atomic mass is 32.2. The number of thioether (sulfide) groups is 1. The average Bonchev–Trinajstić information content (AvgIpc) is 2.53. The molecule has 0 aromatic heterocycles. The van der Waals surface area contributed by atoms with E-state index in [0.717, 1.165) is 5.75 Å². The number of aliphatic carboxylic acids is 1. The third-order valence-electron chi connectivity index (χ3n) is 3.46. The second-order valence-electron chi connectivity index (χ2n) is 4.79. The third kappa shape index (κ3) is 2.78. The Labute approximate surface area is 126 Å². The summed E-state index contributed by atoms with van der Waals surface area (Å²) in [5, 5.41) is 9.24. The van der Waals surface area contributed by atoms with Crippen molar-refractivity contribution in [3.05, 3.63) is 23.8 Å². The molecule has 6 nitrogen and oxygen atoms in total. The van der Waals surface area contributed by atoms with Gasteiger partial charge in [-0.05, 0) is 18.2 Å². The van der Waals surface area contributed by atoms with Gasteiger partial charge in [0.25, 0.3) is 5.91 Å². The Bertz CT molecular complexity index is 576. The van der Waals surface area contributed by atoms with Crippen LogP contribution in [0.1, 0.15) is 10.4 Å². The van der Waals surface area contributed by atoms with Crippen molar-refractivity contribution in [1.82, 2.24) is 4.90 Å². The van der Waals surface area contributed by atoms with E-state index in [1.807, 2.05) is 0 Å². The lowest BCUT2D eigenvalue weighted by molar-refractivity contribution is -0.141. The highest BCUT2D eigenvalue weighted by Gasteiger charge is 2.33. The highest BCUT2D eigenvalue weighted by molar-refractivity contribution is 7.99. The molecule has 7 heteroatoms. The van der Waals surface area contributed by atoms with Crippen molar-refractivity contribution >= 4 is 23.6 Å². The van der Waals surface area contributed by atoms with E-state index >= 15 is 0 Å². The first-order valence-corrected chi connectivity index (χ1v) is 7.83. The molecule has 2 aliphatic rings. The van der Waals surface area contributed by atoms with Crippen LogP contribution in [-0.2, 0) is 4.79 Å². The van der Waals surface area contributed by atoms with Crippen LogP contribution in [-0.4, -0.2) is 59.2 Å². The maximum Gasteiger partial charge on any atom is 0.327 e. The van der Waals surface area contributed by atoms with Gasteiger partial charge in [-0.1, -0.05) is 0 Å². The summed E-state index contributed by atoms with van der Waals surface area (Å²) < 4.78 is 10.9. The lowest BCUT2D eigenvalue weighted by Crippen LogP contribution is -2.50. The van der Waals surface area contributed by atoms with E-state index in [0.29, 0.717) is 42.6 Å². The van der Waals surface area contributed by atoms with Crippen LogP contribution in [0.4, 0.5) is 0 Å². The summed E-state index contributed by atoms with van der Waals surface area (Å²) in [5.74, 6) is 1.08.